The molecule has 0 spiro atoms. The first-order valence-electron chi connectivity index (χ1n) is 6.01. The molecular weight excluding hydrogens is 244 g/mol. The third kappa shape index (κ3) is 1.73. The minimum atomic E-state index is 0.0109. The molecule has 1 aromatic carbocycles. The fraction of sp³-hybridized carbons (Fsp3) is 0.286. The van der Waals surface area contributed by atoms with Crippen LogP contribution >= 0.6 is 11.5 Å². The van der Waals surface area contributed by atoms with Crippen LogP contribution in [0.3, 0.4) is 0 Å². The van der Waals surface area contributed by atoms with Gasteiger partial charge in [0, 0.05) is 16.6 Å². The molecule has 1 unspecified atom stereocenters. The van der Waals surface area contributed by atoms with Crippen molar-refractivity contribution in [2.45, 2.75) is 26.3 Å². The van der Waals surface area contributed by atoms with Gasteiger partial charge in [-0.05, 0) is 49.5 Å². The summed E-state index contributed by atoms with van der Waals surface area (Å²) in [6.45, 7) is 4.05. The Bertz CT molecular complexity index is 605. The monoisotopic (exact) mass is 258 g/mol. The molecule has 0 saturated carbocycles. The molecule has 0 radical (unpaired) electrons. The zero-order chi connectivity index (χ0) is 12.7. The molecule has 0 bridgehead atoms. The molecule has 4 heteroatoms. The summed E-state index contributed by atoms with van der Waals surface area (Å²) in [5.41, 5.74) is 2.83. The number of benzene rings is 1. The average molecular weight is 258 g/mol. The van der Waals surface area contributed by atoms with Gasteiger partial charge in [0.05, 0.1) is 0 Å². The van der Waals surface area contributed by atoms with Gasteiger partial charge in [-0.1, -0.05) is 18.2 Å². The summed E-state index contributed by atoms with van der Waals surface area (Å²) in [4.78, 5) is 15.4. The lowest BCUT2D eigenvalue weighted by Crippen LogP contribution is -2.35. The van der Waals surface area contributed by atoms with Crippen molar-refractivity contribution in [1.82, 2.24) is 4.37 Å². The number of hydrogen-bond acceptors (Lipinski definition) is 3. The van der Waals surface area contributed by atoms with E-state index in [1.807, 2.05) is 36.1 Å². The number of rotatable bonds is 1. The third-order valence-electron chi connectivity index (χ3n) is 3.27. The highest BCUT2D eigenvalue weighted by atomic mass is 32.1. The van der Waals surface area contributed by atoms with Crippen molar-refractivity contribution in [2.75, 3.05) is 4.90 Å². The van der Waals surface area contributed by atoms with E-state index in [9.17, 15) is 4.79 Å². The number of amides is 1. The summed E-state index contributed by atoms with van der Waals surface area (Å²) in [7, 11) is 0. The van der Waals surface area contributed by atoms with E-state index in [1.54, 1.807) is 0 Å². The van der Waals surface area contributed by atoms with Crippen molar-refractivity contribution < 1.29 is 4.79 Å². The number of hydrogen-bond donors (Lipinski definition) is 0. The standard InChI is InChI=1S/C14H14N2OS/c1-9-7-11-5-3-4-6-13(11)16(9)14(17)12-8-10(2)18-15-12/h3-6,8-9H,7H2,1-2H3. The van der Waals surface area contributed by atoms with Gasteiger partial charge in [0.25, 0.3) is 5.91 Å². The number of para-hydroxylation sites is 1. The van der Waals surface area contributed by atoms with Crippen LogP contribution in [-0.4, -0.2) is 16.3 Å². The van der Waals surface area contributed by atoms with Crippen molar-refractivity contribution in [3.8, 4) is 0 Å². The molecule has 92 valence electrons. The Morgan fingerprint density at radius 2 is 2.22 bits per heavy atom. The molecule has 0 aliphatic carbocycles. The quantitative estimate of drug-likeness (QED) is 0.787. The molecule has 2 heterocycles. The van der Waals surface area contributed by atoms with Crippen molar-refractivity contribution in [1.29, 1.82) is 0 Å². The zero-order valence-electron chi connectivity index (χ0n) is 10.4. The Kier molecular flexibility index (Phi) is 2.67. The molecular formula is C14H14N2OS. The predicted octanol–water partition coefficient (Wildman–Crippen LogP) is 3.04. The van der Waals surface area contributed by atoms with Crippen molar-refractivity contribution in [3.63, 3.8) is 0 Å². The lowest BCUT2D eigenvalue weighted by molar-refractivity contribution is 0.0977. The smallest absolute Gasteiger partial charge is 0.278 e. The molecule has 0 fully saturated rings. The Hall–Kier alpha value is -1.68. The highest BCUT2D eigenvalue weighted by molar-refractivity contribution is 7.05. The second-order valence-corrected chi connectivity index (χ2v) is 5.69. The number of nitrogens with zero attached hydrogens (tertiary/aromatic N) is 2. The Labute approximate surface area is 110 Å². The van der Waals surface area contributed by atoms with Crippen LogP contribution in [0, 0.1) is 6.92 Å². The van der Waals surface area contributed by atoms with Crippen LogP contribution in [0.25, 0.3) is 0 Å². The van der Waals surface area contributed by atoms with Gasteiger partial charge < -0.3 is 4.90 Å². The summed E-state index contributed by atoms with van der Waals surface area (Å²) in [5.74, 6) is 0.0109. The first kappa shape index (κ1) is 11.4. The molecule has 1 atom stereocenters. The molecule has 0 saturated heterocycles. The van der Waals surface area contributed by atoms with Crippen LogP contribution in [0.5, 0.6) is 0 Å². The minimum Gasteiger partial charge on any atom is -0.304 e. The molecule has 3 rings (SSSR count). The second kappa shape index (κ2) is 4.21. The van der Waals surface area contributed by atoms with E-state index in [0.29, 0.717) is 5.69 Å². The molecule has 0 N–H and O–H groups in total. The number of carbonyl (C=O) groups excluding carboxylic acids is 1. The Balaban J connectivity index is 2.00. The van der Waals surface area contributed by atoms with E-state index < -0.39 is 0 Å². The summed E-state index contributed by atoms with van der Waals surface area (Å²) >= 11 is 1.38. The highest BCUT2D eigenvalue weighted by Crippen LogP contribution is 2.33. The molecule has 18 heavy (non-hydrogen) atoms. The SMILES string of the molecule is Cc1cc(C(=O)N2c3ccccc3CC2C)ns1. The van der Waals surface area contributed by atoms with Crippen LogP contribution in [0.4, 0.5) is 5.69 Å². The maximum Gasteiger partial charge on any atom is 0.278 e. The molecule has 3 nitrogen and oxygen atoms in total. The van der Waals surface area contributed by atoms with Gasteiger partial charge in [0.1, 0.15) is 5.69 Å². The topological polar surface area (TPSA) is 33.2 Å². The number of aromatic nitrogens is 1. The molecule has 2 aromatic rings. The van der Waals surface area contributed by atoms with Crippen LogP contribution in [0.15, 0.2) is 30.3 Å². The van der Waals surface area contributed by atoms with E-state index in [0.717, 1.165) is 17.0 Å². The Morgan fingerprint density at radius 3 is 2.94 bits per heavy atom. The van der Waals surface area contributed by atoms with Gasteiger partial charge in [0.15, 0.2) is 0 Å². The van der Waals surface area contributed by atoms with Gasteiger partial charge in [0.2, 0.25) is 0 Å². The van der Waals surface area contributed by atoms with Crippen molar-refractivity contribution in [3.05, 3.63) is 46.5 Å². The number of anilines is 1. The summed E-state index contributed by atoms with van der Waals surface area (Å²) in [6.07, 6.45) is 0.922. The minimum absolute atomic E-state index is 0.0109. The van der Waals surface area contributed by atoms with Crippen molar-refractivity contribution >= 4 is 23.1 Å². The number of fused-ring (bicyclic) bond motifs is 1. The molecule has 1 aliphatic rings. The molecule has 1 aliphatic heterocycles. The lowest BCUT2D eigenvalue weighted by atomic mass is 10.1. The van der Waals surface area contributed by atoms with Gasteiger partial charge in [-0.25, -0.2) is 0 Å². The van der Waals surface area contributed by atoms with Crippen LogP contribution < -0.4 is 4.90 Å². The highest BCUT2D eigenvalue weighted by Gasteiger charge is 2.32. The predicted molar refractivity (Wildman–Crippen MR) is 73.3 cm³/mol. The normalized spacial score (nSPS) is 17.9. The Morgan fingerprint density at radius 1 is 1.44 bits per heavy atom. The summed E-state index contributed by atoms with van der Waals surface area (Å²) in [6, 6.07) is 10.2. The number of aryl methyl sites for hydroxylation is 1. The first-order valence-corrected chi connectivity index (χ1v) is 6.79. The summed E-state index contributed by atoms with van der Waals surface area (Å²) < 4.78 is 4.22. The van der Waals surface area contributed by atoms with Crippen LogP contribution in [0.2, 0.25) is 0 Å². The van der Waals surface area contributed by atoms with Gasteiger partial charge >= 0.3 is 0 Å². The summed E-state index contributed by atoms with van der Waals surface area (Å²) in [5, 5.41) is 0. The van der Waals surface area contributed by atoms with E-state index >= 15 is 0 Å². The van der Waals surface area contributed by atoms with E-state index in [-0.39, 0.29) is 11.9 Å². The van der Waals surface area contributed by atoms with E-state index in [4.69, 9.17) is 0 Å². The number of carbonyl (C=O) groups is 1. The lowest BCUT2D eigenvalue weighted by Gasteiger charge is -2.21. The van der Waals surface area contributed by atoms with Gasteiger partial charge in [-0.3, -0.25) is 4.79 Å². The second-order valence-electron chi connectivity index (χ2n) is 4.68. The maximum atomic E-state index is 12.5. The van der Waals surface area contributed by atoms with Crippen LogP contribution in [-0.2, 0) is 6.42 Å². The zero-order valence-corrected chi connectivity index (χ0v) is 11.2. The first-order chi connectivity index (χ1) is 8.66. The molecule has 1 amide bonds. The average Bonchev–Trinajstić information content (AvgIpc) is 2.91. The fourth-order valence-electron chi connectivity index (χ4n) is 2.47. The third-order valence-corrected chi connectivity index (χ3v) is 3.97. The van der Waals surface area contributed by atoms with Crippen molar-refractivity contribution in [2.24, 2.45) is 0 Å². The fourth-order valence-corrected chi connectivity index (χ4v) is 3.00. The van der Waals surface area contributed by atoms with E-state index in [1.165, 1.54) is 17.1 Å². The molecule has 1 aromatic heterocycles. The largest absolute Gasteiger partial charge is 0.304 e. The van der Waals surface area contributed by atoms with Gasteiger partial charge in [-0.15, -0.1) is 0 Å². The van der Waals surface area contributed by atoms with Crippen LogP contribution in [0.1, 0.15) is 27.9 Å². The maximum absolute atomic E-state index is 12.5. The van der Waals surface area contributed by atoms with Gasteiger partial charge in [-0.2, -0.15) is 4.37 Å². The van der Waals surface area contributed by atoms with E-state index in [2.05, 4.69) is 17.4 Å².